The first-order valence-electron chi connectivity index (χ1n) is 3.17. The molecule has 0 heterocycles. The Hall–Kier alpha value is -1.43. The van der Waals surface area contributed by atoms with E-state index in [-0.39, 0.29) is 11.3 Å². The average molecular weight is 245 g/mol. The lowest BCUT2D eigenvalue weighted by atomic mass is 10.2. The number of nitrogens with zero attached hydrogens (tertiary/aromatic N) is 1. The van der Waals surface area contributed by atoms with E-state index in [9.17, 15) is 20.0 Å². The van der Waals surface area contributed by atoms with Crippen molar-refractivity contribution in [3.63, 3.8) is 0 Å². The molecule has 1 rings (SSSR count). The van der Waals surface area contributed by atoms with Gasteiger partial charge < -0.3 is 9.90 Å². The number of benzene rings is 1. The number of carboxylic acids is 1. The third-order valence-corrected chi connectivity index (χ3v) is 1.79. The molecule has 0 aliphatic rings. The highest BCUT2D eigenvalue weighted by Gasteiger charge is 2.08. The van der Waals surface area contributed by atoms with Gasteiger partial charge in [-0.25, -0.2) is 0 Å². The molecule has 1 aromatic rings. The molecule has 0 radical (unpaired) electrons. The molecule has 0 amide bonds. The van der Waals surface area contributed by atoms with Crippen LogP contribution in [0.2, 0.25) is 0 Å². The van der Waals surface area contributed by atoms with Gasteiger partial charge in [0.15, 0.2) is 0 Å². The van der Waals surface area contributed by atoms with Crippen LogP contribution in [0.15, 0.2) is 22.7 Å². The van der Waals surface area contributed by atoms with Crippen molar-refractivity contribution in [3.8, 4) is 0 Å². The van der Waals surface area contributed by atoms with Gasteiger partial charge in [-0.1, -0.05) is 15.9 Å². The van der Waals surface area contributed by atoms with Crippen LogP contribution in [-0.4, -0.2) is 10.9 Å². The van der Waals surface area contributed by atoms with Gasteiger partial charge in [-0.15, -0.1) is 0 Å². The number of hydrogen-bond acceptors (Lipinski definition) is 4. The SMILES string of the molecule is O=C([O-])c1cc(Br)cc([N+](=O)[O-])c1. The van der Waals surface area contributed by atoms with Crippen molar-refractivity contribution < 1.29 is 14.8 Å². The molecule has 0 aromatic heterocycles. The summed E-state index contributed by atoms with van der Waals surface area (Å²) in [5, 5.41) is 20.7. The third-order valence-electron chi connectivity index (χ3n) is 1.33. The second kappa shape index (κ2) is 3.53. The van der Waals surface area contributed by atoms with Gasteiger partial charge in [-0.2, -0.15) is 0 Å². The number of halogens is 1. The highest BCUT2D eigenvalue weighted by atomic mass is 79.9. The minimum atomic E-state index is -1.44. The Morgan fingerprint density at radius 3 is 2.46 bits per heavy atom. The van der Waals surface area contributed by atoms with E-state index in [1.54, 1.807) is 0 Å². The smallest absolute Gasteiger partial charge is 0.271 e. The molecule has 0 saturated carbocycles. The van der Waals surface area contributed by atoms with Crippen LogP contribution >= 0.6 is 15.9 Å². The van der Waals surface area contributed by atoms with Crippen LogP contribution < -0.4 is 5.11 Å². The van der Waals surface area contributed by atoms with Crippen molar-refractivity contribution in [2.45, 2.75) is 0 Å². The summed E-state index contributed by atoms with van der Waals surface area (Å²) in [6.07, 6.45) is 0. The van der Waals surface area contributed by atoms with Gasteiger partial charge in [-0.3, -0.25) is 10.1 Å². The van der Waals surface area contributed by atoms with Crippen LogP contribution in [0.1, 0.15) is 10.4 Å². The highest BCUT2D eigenvalue weighted by molar-refractivity contribution is 9.10. The summed E-state index contributed by atoms with van der Waals surface area (Å²) in [6, 6.07) is 3.40. The first kappa shape index (κ1) is 9.66. The summed E-state index contributed by atoms with van der Waals surface area (Å²) in [5.74, 6) is -1.44. The molecule has 0 aliphatic carbocycles. The standard InChI is InChI=1S/C7H4BrNO4/c8-5-1-4(7(10)11)2-6(3-5)9(12)13/h1-3H,(H,10,11)/p-1. The number of rotatable bonds is 2. The molecule has 0 bridgehead atoms. The fourth-order valence-corrected chi connectivity index (χ4v) is 1.28. The summed E-state index contributed by atoms with van der Waals surface area (Å²) < 4.78 is 0.334. The fraction of sp³-hybridized carbons (Fsp3) is 0. The molecule has 0 spiro atoms. The van der Waals surface area contributed by atoms with Crippen LogP contribution in [-0.2, 0) is 0 Å². The first-order chi connectivity index (χ1) is 6.00. The van der Waals surface area contributed by atoms with Gasteiger partial charge in [0.1, 0.15) is 0 Å². The third kappa shape index (κ3) is 2.25. The first-order valence-corrected chi connectivity index (χ1v) is 3.96. The summed E-state index contributed by atoms with van der Waals surface area (Å²) in [5.41, 5.74) is -0.505. The Balaban J connectivity index is 3.26. The Morgan fingerprint density at radius 1 is 1.38 bits per heavy atom. The normalized spacial score (nSPS) is 9.62. The number of aromatic carboxylic acids is 1. The van der Waals surface area contributed by atoms with Crippen LogP contribution in [0, 0.1) is 10.1 Å². The number of carbonyl (C=O) groups is 1. The number of nitro benzene ring substituents is 1. The zero-order chi connectivity index (χ0) is 10.0. The maximum atomic E-state index is 10.4. The lowest BCUT2D eigenvalue weighted by Gasteiger charge is -2.02. The second-order valence-electron chi connectivity index (χ2n) is 2.24. The number of carbonyl (C=O) groups excluding carboxylic acids is 1. The van der Waals surface area contributed by atoms with Gasteiger partial charge in [0, 0.05) is 22.2 Å². The maximum absolute atomic E-state index is 10.4. The van der Waals surface area contributed by atoms with E-state index in [2.05, 4.69) is 15.9 Å². The predicted octanol–water partition coefficient (Wildman–Crippen LogP) is 0.721. The second-order valence-corrected chi connectivity index (χ2v) is 3.16. The zero-order valence-electron chi connectivity index (χ0n) is 6.19. The quantitative estimate of drug-likeness (QED) is 0.567. The number of carboxylic acid groups (broad SMARTS) is 1. The van der Waals surface area contributed by atoms with Crippen LogP contribution in [0.3, 0.4) is 0 Å². The maximum Gasteiger partial charge on any atom is 0.271 e. The summed E-state index contributed by atoms with van der Waals surface area (Å²) in [7, 11) is 0. The van der Waals surface area contributed by atoms with Crippen molar-refractivity contribution in [1.82, 2.24) is 0 Å². The molecule has 0 fully saturated rings. The molecule has 0 N–H and O–H groups in total. The van der Waals surface area contributed by atoms with Crippen LogP contribution in [0.5, 0.6) is 0 Å². The Labute approximate surface area is 81.3 Å². The van der Waals surface area contributed by atoms with Gasteiger partial charge in [0.2, 0.25) is 0 Å². The lowest BCUT2D eigenvalue weighted by Crippen LogP contribution is -2.22. The van der Waals surface area contributed by atoms with Crippen molar-refractivity contribution in [2.24, 2.45) is 0 Å². The Bertz CT molecular complexity index is 345. The number of hydrogen-bond donors (Lipinski definition) is 0. The van der Waals surface area contributed by atoms with E-state index in [0.29, 0.717) is 4.47 Å². The minimum Gasteiger partial charge on any atom is -0.545 e. The molecule has 68 valence electrons. The molecule has 0 aliphatic heterocycles. The molecular weight excluding hydrogens is 242 g/mol. The average Bonchev–Trinajstić information content (AvgIpc) is 2.03. The van der Waals surface area contributed by atoms with Crippen molar-refractivity contribution in [3.05, 3.63) is 38.3 Å². The molecular formula is C7H3BrNO4-. The largest absolute Gasteiger partial charge is 0.545 e. The molecule has 0 saturated heterocycles. The molecule has 1 aromatic carbocycles. The molecule has 0 atom stereocenters. The van der Waals surface area contributed by atoms with Crippen molar-refractivity contribution >= 4 is 27.6 Å². The molecule has 5 nitrogen and oxygen atoms in total. The zero-order valence-corrected chi connectivity index (χ0v) is 7.78. The van der Waals surface area contributed by atoms with Crippen LogP contribution in [0.4, 0.5) is 5.69 Å². The number of non-ortho nitro benzene ring substituents is 1. The highest BCUT2D eigenvalue weighted by Crippen LogP contribution is 2.20. The predicted molar refractivity (Wildman–Crippen MR) is 45.1 cm³/mol. The Morgan fingerprint density at radius 2 is 2.00 bits per heavy atom. The summed E-state index contributed by atoms with van der Waals surface area (Å²) >= 11 is 2.95. The van der Waals surface area contributed by atoms with E-state index < -0.39 is 10.9 Å². The molecule has 6 heteroatoms. The van der Waals surface area contributed by atoms with E-state index >= 15 is 0 Å². The van der Waals surface area contributed by atoms with E-state index in [1.165, 1.54) is 12.1 Å². The van der Waals surface area contributed by atoms with Gasteiger partial charge in [-0.05, 0) is 6.07 Å². The molecule has 0 unspecified atom stereocenters. The Kier molecular flexibility index (Phi) is 2.62. The number of nitro groups is 1. The lowest BCUT2D eigenvalue weighted by molar-refractivity contribution is -0.385. The van der Waals surface area contributed by atoms with E-state index in [0.717, 1.165) is 6.07 Å². The van der Waals surface area contributed by atoms with Gasteiger partial charge in [0.05, 0.1) is 10.9 Å². The minimum absolute atomic E-state index is 0.221. The van der Waals surface area contributed by atoms with Gasteiger partial charge in [0.25, 0.3) is 5.69 Å². The summed E-state index contributed by atoms with van der Waals surface area (Å²) in [6.45, 7) is 0. The summed E-state index contributed by atoms with van der Waals surface area (Å²) in [4.78, 5) is 20.0. The van der Waals surface area contributed by atoms with Crippen molar-refractivity contribution in [2.75, 3.05) is 0 Å². The topological polar surface area (TPSA) is 83.3 Å². The van der Waals surface area contributed by atoms with E-state index in [1.807, 2.05) is 0 Å². The van der Waals surface area contributed by atoms with Gasteiger partial charge >= 0.3 is 0 Å². The van der Waals surface area contributed by atoms with E-state index in [4.69, 9.17) is 0 Å². The van der Waals surface area contributed by atoms with Crippen molar-refractivity contribution in [1.29, 1.82) is 0 Å². The molecule has 13 heavy (non-hydrogen) atoms. The van der Waals surface area contributed by atoms with Crippen LogP contribution in [0.25, 0.3) is 0 Å². The fourth-order valence-electron chi connectivity index (χ4n) is 0.797. The monoisotopic (exact) mass is 244 g/mol.